The number of para-hydroxylation sites is 1. The summed E-state index contributed by atoms with van der Waals surface area (Å²) >= 11 is 0. The van der Waals surface area contributed by atoms with Crippen molar-refractivity contribution in [2.24, 2.45) is 0 Å². The minimum absolute atomic E-state index is 0.0194. The third-order valence-corrected chi connectivity index (χ3v) is 6.64. The highest BCUT2D eigenvalue weighted by molar-refractivity contribution is 7.86. The van der Waals surface area contributed by atoms with Crippen LogP contribution in [0.1, 0.15) is 11.1 Å². The summed E-state index contributed by atoms with van der Waals surface area (Å²) in [5.41, 5.74) is 1.89. The van der Waals surface area contributed by atoms with Crippen molar-refractivity contribution in [1.29, 1.82) is 0 Å². The van der Waals surface area contributed by atoms with Gasteiger partial charge in [-0.2, -0.15) is 8.42 Å². The highest BCUT2D eigenvalue weighted by atomic mass is 32.2. The summed E-state index contributed by atoms with van der Waals surface area (Å²) in [6.45, 7) is 3.28. The van der Waals surface area contributed by atoms with E-state index in [1.54, 1.807) is 31.2 Å². The van der Waals surface area contributed by atoms with Crippen molar-refractivity contribution < 1.29 is 13.0 Å². The van der Waals surface area contributed by atoms with Crippen molar-refractivity contribution in [3.63, 3.8) is 0 Å². The summed E-state index contributed by atoms with van der Waals surface area (Å²) in [6, 6.07) is 11.7. The van der Waals surface area contributed by atoms with Crippen LogP contribution in [0, 0.1) is 13.8 Å². The average Bonchev–Trinajstić information content (AvgIpc) is 2.68. The quantitative estimate of drug-likeness (QED) is 0.283. The van der Waals surface area contributed by atoms with Crippen molar-refractivity contribution in [2.45, 2.75) is 18.7 Å². The van der Waals surface area contributed by atoms with E-state index in [1.165, 1.54) is 19.1 Å². The number of aromatic nitrogens is 2. The first-order valence-electron chi connectivity index (χ1n) is 9.19. The van der Waals surface area contributed by atoms with Gasteiger partial charge in [-0.25, -0.2) is 0 Å². The zero-order valence-corrected chi connectivity index (χ0v) is 16.8. The lowest BCUT2D eigenvalue weighted by atomic mass is 10.00. The van der Waals surface area contributed by atoms with Crippen molar-refractivity contribution in [3.05, 3.63) is 74.0 Å². The van der Waals surface area contributed by atoms with Crippen LogP contribution in [0.25, 0.3) is 43.6 Å². The molecule has 0 aliphatic rings. The zero-order valence-electron chi connectivity index (χ0n) is 16.0. The molecule has 5 rings (SSSR count). The maximum absolute atomic E-state index is 13.3. The molecule has 30 heavy (non-hydrogen) atoms. The number of H-pyrrole nitrogens is 2. The second kappa shape index (κ2) is 6.01. The minimum atomic E-state index is -4.57. The molecule has 7 nitrogen and oxygen atoms in total. The topological polar surface area (TPSA) is 120 Å². The fourth-order valence-corrected chi connectivity index (χ4v) is 5.11. The molecule has 2 heterocycles. The number of pyridine rings is 2. The molecule has 5 aromatic rings. The van der Waals surface area contributed by atoms with Crippen LogP contribution < -0.4 is 10.9 Å². The third kappa shape index (κ3) is 2.44. The molecule has 0 bridgehead atoms. The van der Waals surface area contributed by atoms with Gasteiger partial charge >= 0.3 is 0 Å². The summed E-state index contributed by atoms with van der Waals surface area (Å²) in [6.07, 6.45) is 0. The Labute approximate surface area is 169 Å². The molecular weight excluding hydrogens is 404 g/mol. The predicted molar refractivity (Wildman–Crippen MR) is 117 cm³/mol. The van der Waals surface area contributed by atoms with Crippen LogP contribution in [-0.4, -0.2) is 22.9 Å². The van der Waals surface area contributed by atoms with E-state index in [0.717, 1.165) is 0 Å². The summed E-state index contributed by atoms with van der Waals surface area (Å²) < 4.78 is 33.7. The summed E-state index contributed by atoms with van der Waals surface area (Å²) in [5.74, 6) is 0. The van der Waals surface area contributed by atoms with Gasteiger partial charge in [-0.05, 0) is 49.2 Å². The Hall–Kier alpha value is -3.49. The molecule has 0 saturated heterocycles. The van der Waals surface area contributed by atoms with Crippen molar-refractivity contribution in [2.75, 3.05) is 0 Å². The van der Waals surface area contributed by atoms with Gasteiger partial charge in [0.05, 0.1) is 21.9 Å². The summed E-state index contributed by atoms with van der Waals surface area (Å²) in [7, 11) is -4.57. The van der Waals surface area contributed by atoms with E-state index in [-0.39, 0.29) is 26.7 Å². The Morgan fingerprint density at radius 2 is 1.50 bits per heavy atom. The van der Waals surface area contributed by atoms with Gasteiger partial charge in [0.15, 0.2) is 10.9 Å². The number of rotatable bonds is 1. The lowest BCUT2D eigenvalue weighted by Gasteiger charge is -2.12. The normalized spacial score (nSPS) is 12.4. The molecule has 0 aliphatic carbocycles. The molecule has 0 fully saturated rings. The van der Waals surface area contributed by atoms with Crippen LogP contribution in [0.5, 0.6) is 0 Å². The monoisotopic (exact) mass is 420 g/mol. The molecule has 0 atom stereocenters. The van der Waals surface area contributed by atoms with E-state index in [2.05, 4.69) is 9.97 Å². The lowest BCUT2D eigenvalue weighted by Crippen LogP contribution is -2.12. The SMILES string of the molecule is Cc1ccc2c(=O)c3c(C)c4[nH]c5ccccc5c(=O)c4cc3[nH]c2c1S(=O)(=O)O. The van der Waals surface area contributed by atoms with Crippen molar-refractivity contribution in [1.82, 2.24) is 9.97 Å². The highest BCUT2D eigenvalue weighted by Gasteiger charge is 2.21. The minimum Gasteiger partial charge on any atom is -0.354 e. The number of fused-ring (bicyclic) bond motifs is 4. The number of hydrogen-bond donors (Lipinski definition) is 3. The summed E-state index contributed by atoms with van der Waals surface area (Å²) in [5, 5.41) is 1.40. The molecule has 0 radical (unpaired) electrons. The Morgan fingerprint density at radius 1 is 0.800 bits per heavy atom. The molecule has 0 unspecified atom stereocenters. The first-order valence-corrected chi connectivity index (χ1v) is 10.6. The average molecular weight is 420 g/mol. The van der Waals surface area contributed by atoms with Crippen LogP contribution in [0.4, 0.5) is 0 Å². The van der Waals surface area contributed by atoms with Crippen molar-refractivity contribution in [3.8, 4) is 0 Å². The molecule has 0 amide bonds. The van der Waals surface area contributed by atoms with Gasteiger partial charge in [0.2, 0.25) is 0 Å². The number of aromatic amines is 2. The maximum Gasteiger partial charge on any atom is 0.296 e. The second-order valence-corrected chi connectivity index (χ2v) is 8.77. The smallest absolute Gasteiger partial charge is 0.296 e. The Kier molecular flexibility index (Phi) is 3.71. The molecular formula is C22H16N2O5S. The third-order valence-electron chi connectivity index (χ3n) is 5.60. The molecule has 0 saturated carbocycles. The van der Waals surface area contributed by atoms with Gasteiger partial charge in [-0.15, -0.1) is 0 Å². The van der Waals surface area contributed by atoms with Gasteiger partial charge in [-0.1, -0.05) is 18.2 Å². The maximum atomic E-state index is 13.3. The number of hydrogen-bond acceptors (Lipinski definition) is 4. The predicted octanol–water partition coefficient (Wildman–Crippen LogP) is 3.54. The molecule has 0 spiro atoms. The molecule has 150 valence electrons. The van der Waals surface area contributed by atoms with Crippen molar-refractivity contribution >= 4 is 53.7 Å². The van der Waals surface area contributed by atoms with E-state index in [1.807, 2.05) is 6.07 Å². The lowest BCUT2D eigenvalue weighted by molar-refractivity contribution is 0.483. The fraction of sp³-hybridized carbons (Fsp3) is 0.0909. The van der Waals surface area contributed by atoms with E-state index in [9.17, 15) is 22.6 Å². The number of benzene rings is 3. The van der Waals surface area contributed by atoms with Crippen LogP contribution in [0.15, 0.2) is 56.9 Å². The first kappa shape index (κ1) is 18.5. The Morgan fingerprint density at radius 3 is 2.23 bits per heavy atom. The molecule has 0 aliphatic heterocycles. The van der Waals surface area contributed by atoms with E-state index < -0.39 is 10.1 Å². The Balaban J connectivity index is 2.08. The largest absolute Gasteiger partial charge is 0.354 e. The van der Waals surface area contributed by atoms with E-state index in [0.29, 0.717) is 43.8 Å². The van der Waals surface area contributed by atoms with E-state index >= 15 is 0 Å². The van der Waals surface area contributed by atoms with Crippen LogP contribution in [-0.2, 0) is 10.1 Å². The fourth-order valence-electron chi connectivity index (χ4n) is 4.22. The van der Waals surface area contributed by atoms with Gasteiger partial charge in [0.1, 0.15) is 4.90 Å². The molecule has 8 heteroatoms. The van der Waals surface area contributed by atoms with E-state index in [4.69, 9.17) is 0 Å². The second-order valence-electron chi connectivity index (χ2n) is 7.41. The molecule has 2 aromatic heterocycles. The van der Waals surface area contributed by atoms with Gasteiger partial charge < -0.3 is 9.97 Å². The molecule has 3 N–H and O–H groups in total. The standard InChI is InChI=1S/C22H16N2O5S/c1-10-7-8-13-19(22(10)30(27,28)29)24-16-9-14-18(11(2)17(16)21(13)26)23-15-6-4-3-5-12(15)20(14)25/h3-9H,1-2H3,(H,23,25)(H,24,26)(H,27,28,29). The Bertz CT molecular complexity index is 1780. The van der Waals surface area contributed by atoms with Gasteiger partial charge in [0.25, 0.3) is 10.1 Å². The first-order chi connectivity index (χ1) is 14.2. The van der Waals surface area contributed by atoms with Crippen LogP contribution in [0.3, 0.4) is 0 Å². The van der Waals surface area contributed by atoms with Gasteiger partial charge in [-0.3, -0.25) is 14.1 Å². The van der Waals surface area contributed by atoms with Gasteiger partial charge in [0, 0.05) is 21.7 Å². The van der Waals surface area contributed by atoms with Crippen LogP contribution in [0.2, 0.25) is 0 Å². The van der Waals surface area contributed by atoms with Crippen LogP contribution >= 0.6 is 0 Å². The highest BCUT2D eigenvalue weighted by Crippen LogP contribution is 2.29. The number of aryl methyl sites for hydroxylation is 2. The number of nitrogens with one attached hydrogen (secondary N) is 2. The molecule has 3 aromatic carbocycles. The zero-order chi connectivity index (χ0) is 21.4. The summed E-state index contributed by atoms with van der Waals surface area (Å²) in [4.78, 5) is 32.2.